The molecule has 1 aliphatic carbocycles. The van der Waals surface area contributed by atoms with Crippen LogP contribution in [-0.2, 0) is 21.9 Å². The fourth-order valence-electron chi connectivity index (χ4n) is 3.65. The van der Waals surface area contributed by atoms with E-state index < -0.39 is 40.9 Å². The molecule has 0 aromatic heterocycles. The van der Waals surface area contributed by atoms with Crippen LogP contribution in [0.15, 0.2) is 42.5 Å². The number of carbonyl (C=O) groups is 3. The van der Waals surface area contributed by atoms with E-state index in [9.17, 15) is 44.7 Å². The first-order valence-corrected chi connectivity index (χ1v) is 12.5. The van der Waals surface area contributed by atoms with Gasteiger partial charge in [-0.1, -0.05) is 37.6 Å². The number of benzene rings is 2. The summed E-state index contributed by atoms with van der Waals surface area (Å²) in [5.74, 6) is -2.11. The molecule has 41 heavy (non-hydrogen) atoms. The summed E-state index contributed by atoms with van der Waals surface area (Å²) in [5.41, 5.74) is -3.18. The molecule has 1 aliphatic rings. The van der Waals surface area contributed by atoms with Crippen molar-refractivity contribution in [1.82, 2.24) is 5.32 Å². The van der Waals surface area contributed by atoms with E-state index in [0.717, 1.165) is 24.5 Å². The first kappa shape index (κ1) is 37.7. The number of halogens is 8. The quantitative estimate of drug-likeness (QED) is 0.285. The van der Waals surface area contributed by atoms with E-state index in [2.05, 4.69) is 5.32 Å². The normalized spacial score (nSPS) is 20.1. The Kier molecular flexibility index (Phi) is 14.9. The molecule has 0 unspecified atom stereocenters. The number of nitrogens with one attached hydrogen (secondary N) is 1. The van der Waals surface area contributed by atoms with Crippen LogP contribution >= 0.6 is 0 Å². The first-order chi connectivity index (χ1) is 18.8. The molecule has 0 spiro atoms. The summed E-state index contributed by atoms with van der Waals surface area (Å²) in [6.45, 7) is 9.14. The van der Waals surface area contributed by atoms with E-state index in [4.69, 9.17) is 4.79 Å². The van der Waals surface area contributed by atoms with E-state index >= 15 is 0 Å². The van der Waals surface area contributed by atoms with E-state index in [0.29, 0.717) is 49.8 Å². The second-order valence-electron chi connectivity index (χ2n) is 10.0. The number of amides is 1. The second-order valence-corrected chi connectivity index (χ2v) is 10.0. The molecule has 1 saturated carbocycles. The van der Waals surface area contributed by atoms with Gasteiger partial charge in [0.05, 0.1) is 11.1 Å². The Labute approximate surface area is 234 Å². The molecule has 1 fully saturated rings. The molecule has 0 aliphatic heterocycles. The highest BCUT2D eigenvalue weighted by atomic mass is 19.4. The maximum atomic E-state index is 13.8. The predicted molar refractivity (Wildman–Crippen MR) is 139 cm³/mol. The number of alkyl halides is 7. The van der Waals surface area contributed by atoms with Gasteiger partial charge in [-0.3, -0.25) is 4.79 Å². The monoisotopic (exact) mass is 597 g/mol. The number of aldehydes is 1. The maximum Gasteiger partial charge on any atom is 0.419 e. The molecular weight excluding hydrogens is 562 g/mol. The zero-order valence-electron chi connectivity index (χ0n) is 23.3. The van der Waals surface area contributed by atoms with Gasteiger partial charge >= 0.3 is 12.4 Å². The third kappa shape index (κ3) is 13.7. The first-order valence-electron chi connectivity index (χ1n) is 12.5. The van der Waals surface area contributed by atoms with Crippen LogP contribution in [-0.4, -0.2) is 31.2 Å². The highest BCUT2D eigenvalue weighted by molar-refractivity contribution is 5.94. The van der Waals surface area contributed by atoms with Crippen molar-refractivity contribution >= 4 is 19.0 Å². The molecule has 12 heteroatoms. The Bertz CT molecular complexity index is 1100. The number of carbonyl (C=O) groups excluding carboxylic acids is 3. The summed E-state index contributed by atoms with van der Waals surface area (Å²) in [5, 5.41) is 2.58. The van der Waals surface area contributed by atoms with Gasteiger partial charge in [-0.05, 0) is 69.2 Å². The minimum Gasteiger partial charge on any atom is -0.351 e. The summed E-state index contributed by atoms with van der Waals surface area (Å²) < 4.78 is 101. The predicted octanol–water partition coefficient (Wildman–Crippen LogP) is 8.31. The Morgan fingerprint density at radius 1 is 0.951 bits per heavy atom. The molecule has 1 amide bonds. The molecular formula is C29H35F8NO3. The summed E-state index contributed by atoms with van der Waals surface area (Å²) in [7, 11) is 0. The Morgan fingerprint density at radius 2 is 1.49 bits per heavy atom. The summed E-state index contributed by atoms with van der Waals surface area (Å²) in [6.07, 6.45) is -5.63. The van der Waals surface area contributed by atoms with Crippen LogP contribution < -0.4 is 5.32 Å². The van der Waals surface area contributed by atoms with Crippen molar-refractivity contribution in [1.29, 1.82) is 0 Å². The van der Waals surface area contributed by atoms with Crippen LogP contribution in [0.4, 0.5) is 35.1 Å². The van der Waals surface area contributed by atoms with Crippen LogP contribution in [0, 0.1) is 18.2 Å². The van der Waals surface area contributed by atoms with Gasteiger partial charge in [0.15, 0.2) is 0 Å². The summed E-state index contributed by atoms with van der Waals surface area (Å²) in [4.78, 5) is 29.2. The van der Waals surface area contributed by atoms with Gasteiger partial charge in [0.2, 0.25) is 0 Å². The molecule has 0 atom stereocenters. The number of rotatable bonds is 4. The lowest BCUT2D eigenvalue weighted by Crippen LogP contribution is -2.41. The third-order valence-corrected chi connectivity index (χ3v) is 6.22. The lowest BCUT2D eigenvalue weighted by molar-refractivity contribution is -0.140. The average molecular weight is 598 g/mol. The topological polar surface area (TPSA) is 63.2 Å². The lowest BCUT2D eigenvalue weighted by atomic mass is 9.71. The molecule has 230 valence electrons. The summed E-state index contributed by atoms with van der Waals surface area (Å²) >= 11 is 0. The minimum absolute atomic E-state index is 0.237. The van der Waals surface area contributed by atoms with Crippen molar-refractivity contribution < 1.29 is 49.5 Å². The molecule has 0 bridgehead atoms. The highest BCUT2D eigenvalue weighted by Crippen LogP contribution is 2.42. The molecule has 0 radical (unpaired) electrons. The largest absolute Gasteiger partial charge is 0.419 e. The second kappa shape index (κ2) is 16.2. The fourth-order valence-corrected chi connectivity index (χ4v) is 3.65. The third-order valence-electron chi connectivity index (χ3n) is 6.22. The molecule has 2 aromatic rings. The lowest BCUT2D eigenvalue weighted by Gasteiger charge is -2.39. The maximum absolute atomic E-state index is 13.8. The van der Waals surface area contributed by atoms with E-state index in [1.807, 2.05) is 20.6 Å². The zero-order chi connectivity index (χ0) is 32.1. The fraction of sp³-hybridized carbons (Fsp3) is 0.483. The van der Waals surface area contributed by atoms with Gasteiger partial charge in [-0.2, -0.15) is 26.3 Å². The minimum atomic E-state index is -4.86. The molecule has 1 N–H and O–H groups in total. The van der Waals surface area contributed by atoms with E-state index in [-0.39, 0.29) is 17.5 Å². The summed E-state index contributed by atoms with van der Waals surface area (Å²) in [6, 6.07) is 7.38. The number of aryl methyl sites for hydroxylation is 1. The average Bonchev–Trinajstić information content (AvgIpc) is 2.90. The van der Waals surface area contributed by atoms with Gasteiger partial charge in [0.1, 0.15) is 24.6 Å². The zero-order valence-corrected chi connectivity index (χ0v) is 23.3. The molecule has 2 aromatic carbocycles. The van der Waals surface area contributed by atoms with Crippen LogP contribution in [0.3, 0.4) is 0 Å². The van der Waals surface area contributed by atoms with Gasteiger partial charge in [-0.15, -0.1) is 0 Å². The van der Waals surface area contributed by atoms with Crippen molar-refractivity contribution in [2.24, 2.45) is 5.41 Å². The molecule has 3 rings (SSSR count). The number of hydrogen-bond acceptors (Lipinski definition) is 3. The van der Waals surface area contributed by atoms with Gasteiger partial charge in [-0.25, -0.2) is 8.78 Å². The smallest absolute Gasteiger partial charge is 0.351 e. The van der Waals surface area contributed by atoms with Crippen molar-refractivity contribution in [3.63, 3.8) is 0 Å². The Hall–Kier alpha value is -3.31. The van der Waals surface area contributed by atoms with Gasteiger partial charge in [0.25, 0.3) is 5.91 Å². The van der Waals surface area contributed by atoms with Gasteiger partial charge < -0.3 is 14.9 Å². The van der Waals surface area contributed by atoms with Crippen LogP contribution in [0.2, 0.25) is 0 Å². The van der Waals surface area contributed by atoms with Crippen molar-refractivity contribution in [2.75, 3.05) is 6.54 Å². The van der Waals surface area contributed by atoms with Gasteiger partial charge in [0, 0.05) is 18.5 Å². The SMILES string of the molecule is C=O.CC1(F)CCC(C)(CNC(=O)c2ccc(F)c(C(F)(F)F)c2)CC1.CCC=O.Cc1cccc(C(F)(F)F)c1. The Balaban J connectivity index is 0.000000778. The number of hydrogen-bond donors (Lipinski definition) is 1. The molecule has 0 heterocycles. The van der Waals surface area contributed by atoms with Crippen LogP contribution in [0.5, 0.6) is 0 Å². The Morgan fingerprint density at radius 3 is 1.90 bits per heavy atom. The van der Waals surface area contributed by atoms with Crippen LogP contribution in [0.25, 0.3) is 0 Å². The standard InChI is InChI=1S/C17H20F5NO.C8H7F3.C3H6O.CH2O/c1-15(5-7-16(2,19)8-6-15)10-23-14(24)11-3-4-13(18)12(9-11)17(20,21)22;1-6-3-2-4-7(5-6)8(9,10)11;1-2-3-4;1-2/h3-4,9H,5-8,10H2,1-2H3,(H,23,24);2-5H,1H3;3H,2H2,1H3;1H2. The van der Waals surface area contributed by atoms with Crippen molar-refractivity contribution in [3.05, 3.63) is 70.5 Å². The van der Waals surface area contributed by atoms with Crippen molar-refractivity contribution in [2.45, 2.75) is 77.8 Å². The van der Waals surface area contributed by atoms with E-state index in [1.54, 1.807) is 19.9 Å². The molecule has 0 saturated heterocycles. The van der Waals surface area contributed by atoms with E-state index in [1.165, 1.54) is 6.07 Å². The molecule has 4 nitrogen and oxygen atoms in total. The highest BCUT2D eigenvalue weighted by Gasteiger charge is 2.38. The van der Waals surface area contributed by atoms with Crippen LogP contribution in [0.1, 0.15) is 79.9 Å². The van der Waals surface area contributed by atoms with Crippen molar-refractivity contribution in [3.8, 4) is 0 Å².